The van der Waals surface area contributed by atoms with E-state index in [1.807, 2.05) is 27.7 Å². The fourth-order valence-corrected chi connectivity index (χ4v) is 5.63. The summed E-state index contributed by atoms with van der Waals surface area (Å²) in [4.78, 5) is 45.2. The second-order valence-corrected chi connectivity index (χ2v) is 12.6. The van der Waals surface area contributed by atoms with E-state index in [1.165, 1.54) is 18.3 Å². The van der Waals surface area contributed by atoms with Crippen LogP contribution in [0, 0.1) is 11.7 Å². The van der Waals surface area contributed by atoms with Crippen LogP contribution in [0.3, 0.4) is 0 Å². The number of likely N-dealkylation sites (tertiary alicyclic amines) is 1. The van der Waals surface area contributed by atoms with E-state index in [0.29, 0.717) is 49.5 Å². The van der Waals surface area contributed by atoms with Gasteiger partial charge in [-0.1, -0.05) is 18.5 Å². The van der Waals surface area contributed by atoms with Crippen LogP contribution in [-0.2, 0) is 11.2 Å². The molecule has 228 valence electrons. The molecule has 3 N–H and O–H groups in total. The molecule has 10 nitrogen and oxygen atoms in total. The Morgan fingerprint density at radius 1 is 1.21 bits per heavy atom. The van der Waals surface area contributed by atoms with E-state index in [4.69, 9.17) is 21.1 Å². The van der Waals surface area contributed by atoms with Crippen molar-refractivity contribution in [1.82, 2.24) is 20.2 Å². The van der Waals surface area contributed by atoms with Crippen molar-refractivity contribution >= 4 is 29.4 Å². The summed E-state index contributed by atoms with van der Waals surface area (Å²) in [5.41, 5.74) is 2.17. The van der Waals surface area contributed by atoms with Gasteiger partial charge in [0, 0.05) is 60.7 Å². The minimum Gasteiger partial charge on any atom is -0.477 e. The average Bonchev–Trinajstić information content (AvgIpc) is 2.88. The summed E-state index contributed by atoms with van der Waals surface area (Å²) in [6.07, 6.45) is 4.13. The third-order valence-electron chi connectivity index (χ3n) is 7.44. The largest absolute Gasteiger partial charge is 0.477 e. The molecule has 3 aromatic rings. The molecule has 0 radical (unpaired) electrons. The van der Waals surface area contributed by atoms with Gasteiger partial charge in [0.15, 0.2) is 0 Å². The monoisotopic (exact) mass is 611 g/mol. The van der Waals surface area contributed by atoms with Crippen LogP contribution in [0.4, 0.5) is 19.7 Å². The summed E-state index contributed by atoms with van der Waals surface area (Å²) in [5.74, 6) is 0.0736. The first kappa shape index (κ1) is 30.3. The zero-order valence-corrected chi connectivity index (χ0v) is 25.3. The molecule has 43 heavy (non-hydrogen) atoms. The summed E-state index contributed by atoms with van der Waals surface area (Å²) in [6, 6.07) is 6.80. The maximum Gasteiger partial charge on any atom is 0.410 e. The van der Waals surface area contributed by atoms with Crippen LogP contribution in [0.2, 0.25) is 5.02 Å². The van der Waals surface area contributed by atoms with Crippen LogP contribution in [-0.4, -0.2) is 58.3 Å². The number of carbonyl (C=O) groups is 2. The standard InChI is InChI=1S/C31H35ClFN5O5/c1-17-7-21(8-20-9-27(39)34-13-23(17)20)36-29(40)37-26-11-24(32)22(10-25(26)33)19-5-6-28(35-12-19)42-16-18-14-38(15-18)30(41)43-31(2,3)4/h5-6,9-13,17-18,21H,7-8,14-16H2,1-4H3,(H,34,39)(H2,36,37,40). The molecule has 1 aromatic carbocycles. The Hall–Kier alpha value is -4.12. The molecule has 0 bridgehead atoms. The fourth-order valence-electron chi connectivity index (χ4n) is 5.36. The SMILES string of the molecule is CC1CC(NC(=O)Nc2cc(Cl)c(-c3ccc(OCC4CN(C(=O)OC(C)(C)C)C4)nc3)cc2F)Cc2cc(=O)[nH]cc21. The van der Waals surface area contributed by atoms with Crippen molar-refractivity contribution in [3.8, 4) is 17.0 Å². The van der Waals surface area contributed by atoms with E-state index in [-0.39, 0.29) is 40.2 Å². The van der Waals surface area contributed by atoms with Crippen LogP contribution >= 0.6 is 11.6 Å². The van der Waals surface area contributed by atoms with Gasteiger partial charge in [0.2, 0.25) is 11.4 Å². The molecule has 2 atom stereocenters. The number of halogens is 2. The maximum atomic E-state index is 15.1. The number of anilines is 1. The van der Waals surface area contributed by atoms with E-state index >= 15 is 4.39 Å². The maximum absolute atomic E-state index is 15.1. The molecular formula is C31H35ClFN5O5. The number of ether oxygens (including phenoxy) is 2. The van der Waals surface area contributed by atoms with E-state index in [9.17, 15) is 14.4 Å². The molecular weight excluding hydrogens is 577 g/mol. The zero-order chi connectivity index (χ0) is 30.9. The van der Waals surface area contributed by atoms with Crippen LogP contribution in [0.5, 0.6) is 5.88 Å². The molecule has 3 amide bonds. The van der Waals surface area contributed by atoms with Crippen molar-refractivity contribution in [3.63, 3.8) is 0 Å². The molecule has 12 heteroatoms. The fraction of sp³-hybridized carbons (Fsp3) is 0.419. The zero-order valence-electron chi connectivity index (χ0n) is 24.5. The minimum atomic E-state index is -0.650. The van der Waals surface area contributed by atoms with Crippen LogP contribution in [0.1, 0.15) is 51.2 Å². The topological polar surface area (TPSA) is 126 Å². The molecule has 1 saturated heterocycles. The Balaban J connectivity index is 1.14. The molecule has 1 aliphatic carbocycles. The number of benzene rings is 1. The smallest absolute Gasteiger partial charge is 0.410 e. The first-order valence-corrected chi connectivity index (χ1v) is 14.6. The van der Waals surface area contributed by atoms with Crippen molar-refractivity contribution in [1.29, 1.82) is 0 Å². The van der Waals surface area contributed by atoms with Crippen LogP contribution in [0.25, 0.3) is 11.1 Å². The van der Waals surface area contributed by atoms with Crippen molar-refractivity contribution in [2.24, 2.45) is 5.92 Å². The summed E-state index contributed by atoms with van der Waals surface area (Å²) in [7, 11) is 0. The lowest BCUT2D eigenvalue weighted by Gasteiger charge is -2.39. The van der Waals surface area contributed by atoms with E-state index < -0.39 is 17.4 Å². The molecule has 2 aliphatic rings. The number of pyridine rings is 2. The number of hydrogen-bond acceptors (Lipinski definition) is 6. The second-order valence-electron chi connectivity index (χ2n) is 12.2. The number of urea groups is 1. The number of nitrogens with one attached hydrogen (secondary N) is 3. The number of H-pyrrole nitrogens is 1. The predicted octanol–water partition coefficient (Wildman–Crippen LogP) is 5.72. The van der Waals surface area contributed by atoms with Crippen molar-refractivity contribution in [2.45, 2.75) is 58.1 Å². The Kier molecular flexibility index (Phi) is 8.64. The van der Waals surface area contributed by atoms with Gasteiger partial charge in [0.05, 0.1) is 17.3 Å². The highest BCUT2D eigenvalue weighted by Crippen LogP contribution is 2.33. The highest BCUT2D eigenvalue weighted by atomic mass is 35.5. The third-order valence-corrected chi connectivity index (χ3v) is 7.76. The molecule has 0 spiro atoms. The minimum absolute atomic E-state index is 0.0548. The van der Waals surface area contributed by atoms with Gasteiger partial charge in [-0.25, -0.2) is 19.0 Å². The first-order chi connectivity index (χ1) is 20.3. The van der Waals surface area contributed by atoms with Gasteiger partial charge >= 0.3 is 12.1 Å². The highest BCUT2D eigenvalue weighted by molar-refractivity contribution is 6.33. The summed E-state index contributed by atoms with van der Waals surface area (Å²) in [6.45, 7) is 9.02. The lowest BCUT2D eigenvalue weighted by molar-refractivity contribution is -0.00808. The Labute approximate surface area is 253 Å². The van der Waals surface area contributed by atoms with Crippen LogP contribution in [0.15, 0.2) is 47.5 Å². The molecule has 5 rings (SSSR count). The normalized spacial score (nSPS) is 18.3. The molecule has 3 heterocycles. The van der Waals surface area contributed by atoms with Gasteiger partial charge in [-0.15, -0.1) is 0 Å². The molecule has 2 unspecified atom stereocenters. The predicted molar refractivity (Wildman–Crippen MR) is 161 cm³/mol. The first-order valence-electron chi connectivity index (χ1n) is 14.2. The van der Waals surface area contributed by atoms with Gasteiger partial charge in [0.25, 0.3) is 0 Å². The number of aromatic nitrogens is 2. The third kappa shape index (κ3) is 7.45. The van der Waals surface area contributed by atoms with Gasteiger partial charge in [-0.05, 0) is 68.9 Å². The van der Waals surface area contributed by atoms with Crippen molar-refractivity contribution in [2.75, 3.05) is 25.0 Å². The number of rotatable bonds is 6. The van der Waals surface area contributed by atoms with Crippen molar-refractivity contribution < 1.29 is 23.5 Å². The van der Waals surface area contributed by atoms with E-state index in [1.54, 1.807) is 29.3 Å². The van der Waals surface area contributed by atoms with Gasteiger partial charge in [-0.2, -0.15) is 0 Å². The number of carbonyl (C=O) groups excluding carboxylic acids is 2. The number of hydrogen-bond donors (Lipinski definition) is 3. The number of amides is 3. The second kappa shape index (κ2) is 12.2. The lowest BCUT2D eigenvalue weighted by Crippen LogP contribution is -2.53. The van der Waals surface area contributed by atoms with Gasteiger partial charge in [-0.3, -0.25) is 4.79 Å². The molecule has 1 aliphatic heterocycles. The number of nitrogens with zero attached hydrogens (tertiary/aromatic N) is 2. The Morgan fingerprint density at radius 2 is 1.98 bits per heavy atom. The molecule has 1 fully saturated rings. The average molecular weight is 612 g/mol. The van der Waals surface area contributed by atoms with E-state index in [0.717, 1.165) is 11.1 Å². The number of aromatic amines is 1. The highest BCUT2D eigenvalue weighted by Gasteiger charge is 2.34. The summed E-state index contributed by atoms with van der Waals surface area (Å²) >= 11 is 6.48. The van der Waals surface area contributed by atoms with Gasteiger partial charge in [0.1, 0.15) is 11.4 Å². The van der Waals surface area contributed by atoms with Gasteiger partial charge < -0.3 is 30.0 Å². The Morgan fingerprint density at radius 3 is 2.67 bits per heavy atom. The van der Waals surface area contributed by atoms with E-state index in [2.05, 4.69) is 20.6 Å². The lowest BCUT2D eigenvalue weighted by atomic mass is 9.82. The summed E-state index contributed by atoms with van der Waals surface area (Å²) < 4.78 is 26.2. The molecule has 0 saturated carbocycles. The summed E-state index contributed by atoms with van der Waals surface area (Å²) in [5, 5.41) is 5.67. The quantitative estimate of drug-likeness (QED) is 0.328. The Bertz CT molecular complexity index is 1570. The number of fused-ring (bicyclic) bond motifs is 1. The van der Waals surface area contributed by atoms with Crippen molar-refractivity contribution in [3.05, 3.63) is 75.0 Å². The van der Waals surface area contributed by atoms with Crippen LogP contribution < -0.4 is 20.9 Å². The molecule has 2 aromatic heterocycles.